The number of halogens is 4. The summed E-state index contributed by atoms with van der Waals surface area (Å²) in [5.41, 5.74) is -0.378. The van der Waals surface area contributed by atoms with Gasteiger partial charge in [0.2, 0.25) is 0 Å². The third-order valence-corrected chi connectivity index (χ3v) is 5.40. The average molecular weight is 468 g/mol. The molecule has 0 amide bonds. The fourth-order valence-electron chi connectivity index (χ4n) is 3.87. The van der Waals surface area contributed by atoms with Crippen molar-refractivity contribution in [2.24, 2.45) is 0 Å². The van der Waals surface area contributed by atoms with E-state index in [-0.39, 0.29) is 22.5 Å². The number of aromatic amines is 2. The summed E-state index contributed by atoms with van der Waals surface area (Å²) in [6.07, 6.45) is 9.22. The largest absolute Gasteiger partial charge is 0.434 e. The van der Waals surface area contributed by atoms with Gasteiger partial charge in [-0.3, -0.25) is 0 Å². The van der Waals surface area contributed by atoms with Crippen LogP contribution in [0.1, 0.15) is 24.0 Å². The number of aromatic nitrogens is 4. The molecule has 0 spiro atoms. The summed E-state index contributed by atoms with van der Waals surface area (Å²) in [5, 5.41) is 5.88. The number of H-pyrrole nitrogens is 2. The summed E-state index contributed by atoms with van der Waals surface area (Å²) in [6.45, 7) is 1.73. The Labute approximate surface area is 189 Å². The molecule has 6 nitrogen and oxygen atoms in total. The van der Waals surface area contributed by atoms with Gasteiger partial charge < -0.3 is 9.40 Å². The lowest BCUT2D eigenvalue weighted by molar-refractivity contribution is 0.454. The molecule has 2 aromatic carbocycles. The second kappa shape index (κ2) is 8.29. The molecule has 0 saturated heterocycles. The first-order valence-corrected chi connectivity index (χ1v) is 10.3. The Morgan fingerprint density at radius 1 is 0.971 bits per heavy atom. The lowest BCUT2D eigenvalue weighted by atomic mass is 9.98. The molecule has 2 N–H and O–H groups in total. The summed E-state index contributed by atoms with van der Waals surface area (Å²) >= 11 is 0. The highest BCUT2D eigenvalue weighted by atomic mass is 19.2. The first kappa shape index (κ1) is 21.6. The van der Waals surface area contributed by atoms with Crippen molar-refractivity contribution < 1.29 is 22.0 Å². The zero-order chi connectivity index (χ0) is 24.0. The maximum Gasteiger partial charge on any atom is 0.434 e. The van der Waals surface area contributed by atoms with E-state index in [4.69, 9.17) is 4.42 Å². The second-order valence-electron chi connectivity index (χ2n) is 7.75. The summed E-state index contributed by atoms with van der Waals surface area (Å²) in [7, 11) is 0. The van der Waals surface area contributed by atoms with Crippen molar-refractivity contribution in [1.82, 2.24) is 20.2 Å². The summed E-state index contributed by atoms with van der Waals surface area (Å²) in [5.74, 6) is -7.56. The van der Waals surface area contributed by atoms with Crippen LogP contribution < -0.4 is 5.76 Å². The van der Waals surface area contributed by atoms with Gasteiger partial charge >= 0.3 is 5.76 Å². The molecule has 0 radical (unpaired) electrons. The zero-order valence-electron chi connectivity index (χ0n) is 17.7. The molecule has 0 bridgehead atoms. The number of fused-ring (bicyclic) bond motifs is 1. The molecule has 1 aliphatic rings. The van der Waals surface area contributed by atoms with Crippen molar-refractivity contribution in [3.8, 4) is 22.8 Å². The number of nitrogens with zero attached hydrogens (tertiary/aromatic N) is 2. The number of rotatable bonds is 3. The molecular weight excluding hydrogens is 452 g/mol. The molecule has 4 aromatic rings. The van der Waals surface area contributed by atoms with Gasteiger partial charge in [0.1, 0.15) is 11.3 Å². The normalized spacial score (nSPS) is 14.8. The number of allylic oxidation sites excluding steroid dienone is 6. The van der Waals surface area contributed by atoms with E-state index >= 15 is 17.6 Å². The molecule has 10 heteroatoms. The predicted octanol–water partition coefficient (Wildman–Crippen LogP) is 5.73. The van der Waals surface area contributed by atoms with Crippen LogP contribution in [0.4, 0.5) is 17.6 Å². The highest BCUT2D eigenvalue weighted by Crippen LogP contribution is 2.36. The van der Waals surface area contributed by atoms with Crippen LogP contribution in [0.5, 0.6) is 0 Å². The molecule has 0 atom stereocenters. The highest BCUT2D eigenvalue weighted by molar-refractivity contribution is 5.92. The minimum Gasteiger partial charge on any atom is -0.388 e. The Bertz CT molecular complexity index is 1560. The summed E-state index contributed by atoms with van der Waals surface area (Å²) < 4.78 is 65.5. The van der Waals surface area contributed by atoms with Gasteiger partial charge in [0, 0.05) is 0 Å². The van der Waals surface area contributed by atoms with Gasteiger partial charge in [-0.05, 0) is 43.0 Å². The number of nitrogens with one attached hydrogen (secondary N) is 2. The van der Waals surface area contributed by atoms with Crippen molar-refractivity contribution in [1.29, 1.82) is 0 Å². The van der Waals surface area contributed by atoms with Crippen LogP contribution in [-0.2, 0) is 0 Å². The van der Waals surface area contributed by atoms with Gasteiger partial charge in [0.25, 0.3) is 5.89 Å². The first-order valence-electron chi connectivity index (χ1n) is 10.3. The molecule has 0 unspecified atom stereocenters. The number of benzene rings is 2. The second-order valence-corrected chi connectivity index (χ2v) is 7.75. The molecular formula is C24H16F4N4O2. The molecule has 2 heterocycles. The maximum absolute atomic E-state index is 15.2. The summed E-state index contributed by atoms with van der Waals surface area (Å²) in [4.78, 5) is 18.2. The van der Waals surface area contributed by atoms with Crippen molar-refractivity contribution >= 4 is 16.6 Å². The van der Waals surface area contributed by atoms with Crippen LogP contribution in [0, 0.1) is 30.2 Å². The van der Waals surface area contributed by atoms with Crippen LogP contribution in [0.15, 0.2) is 51.7 Å². The summed E-state index contributed by atoms with van der Waals surface area (Å²) in [6, 6.07) is 3.22. The monoisotopic (exact) mass is 468 g/mol. The van der Waals surface area contributed by atoms with Gasteiger partial charge in [-0.2, -0.15) is 0 Å². The standard InChI is InChI=1S/C24H16F4N4O2/c1-11-9-13(23-31-32-24(33)34-23)21-14(10-11)29-22(30-21)16-19(27)17(25)15(18(26)20(16)28)12-7-5-3-2-4-6-8-12/h3,5-10H,2,4H2,1H3,(H,29,30)(H,32,33)/b5-3-,8-6?,12-7?. The minimum absolute atomic E-state index is 0.00591. The van der Waals surface area contributed by atoms with E-state index in [0.29, 0.717) is 17.5 Å². The predicted molar refractivity (Wildman–Crippen MR) is 118 cm³/mol. The van der Waals surface area contributed by atoms with Crippen molar-refractivity contribution in [2.75, 3.05) is 0 Å². The number of aryl methyl sites for hydroxylation is 1. The average Bonchev–Trinajstić information content (AvgIpc) is 3.39. The van der Waals surface area contributed by atoms with E-state index in [0.717, 1.165) is 6.42 Å². The smallest absolute Gasteiger partial charge is 0.388 e. The van der Waals surface area contributed by atoms with E-state index < -0.39 is 46.0 Å². The third kappa shape index (κ3) is 3.57. The van der Waals surface area contributed by atoms with Gasteiger partial charge in [0.15, 0.2) is 23.3 Å². The van der Waals surface area contributed by atoms with E-state index in [9.17, 15) is 4.79 Å². The maximum atomic E-state index is 15.2. The Hall–Kier alpha value is -4.21. The van der Waals surface area contributed by atoms with Gasteiger partial charge in [0.05, 0.1) is 22.2 Å². The SMILES string of the molecule is Cc1cc(-c2n[nH]c(=O)o2)c2nc(-c3c(F)c(F)c(C4=C/C=C\CCC=C4)c(F)c3F)[nH]c2c1. The van der Waals surface area contributed by atoms with Crippen molar-refractivity contribution in [3.63, 3.8) is 0 Å². The van der Waals surface area contributed by atoms with Gasteiger partial charge in [-0.25, -0.2) is 32.4 Å². The Kier molecular flexibility index (Phi) is 5.27. The van der Waals surface area contributed by atoms with E-state index in [1.807, 2.05) is 0 Å². The van der Waals surface area contributed by atoms with E-state index in [2.05, 4.69) is 20.2 Å². The molecule has 0 fully saturated rings. The minimum atomic E-state index is -1.59. The third-order valence-electron chi connectivity index (χ3n) is 5.40. The van der Waals surface area contributed by atoms with Crippen LogP contribution in [-0.4, -0.2) is 20.2 Å². The van der Waals surface area contributed by atoms with E-state index in [1.54, 1.807) is 37.3 Å². The number of hydrogen-bond donors (Lipinski definition) is 2. The van der Waals surface area contributed by atoms with Crippen molar-refractivity contribution in [2.45, 2.75) is 19.8 Å². The van der Waals surface area contributed by atoms with E-state index in [1.165, 1.54) is 12.2 Å². The molecule has 1 aliphatic carbocycles. The van der Waals surface area contributed by atoms with Crippen LogP contribution in [0.3, 0.4) is 0 Å². The van der Waals surface area contributed by atoms with Gasteiger partial charge in [-0.1, -0.05) is 30.4 Å². The fraction of sp³-hybridized carbons (Fsp3) is 0.125. The highest BCUT2D eigenvalue weighted by Gasteiger charge is 2.29. The number of imidazole rings is 1. The Balaban J connectivity index is 1.72. The Morgan fingerprint density at radius 3 is 2.38 bits per heavy atom. The van der Waals surface area contributed by atoms with Crippen molar-refractivity contribution in [3.05, 3.63) is 87.5 Å². The molecule has 34 heavy (non-hydrogen) atoms. The van der Waals surface area contributed by atoms with Crippen LogP contribution in [0.2, 0.25) is 0 Å². The molecule has 0 saturated carbocycles. The fourth-order valence-corrected chi connectivity index (χ4v) is 3.87. The quantitative estimate of drug-likeness (QED) is 0.297. The molecule has 0 aliphatic heterocycles. The zero-order valence-corrected chi connectivity index (χ0v) is 17.7. The Morgan fingerprint density at radius 2 is 1.68 bits per heavy atom. The first-order chi connectivity index (χ1) is 16.3. The van der Waals surface area contributed by atoms with Crippen LogP contribution >= 0.6 is 0 Å². The van der Waals surface area contributed by atoms with Crippen LogP contribution in [0.25, 0.3) is 39.4 Å². The molecule has 172 valence electrons. The molecule has 5 rings (SSSR count). The lowest BCUT2D eigenvalue weighted by Crippen LogP contribution is -2.06. The number of hydrogen-bond acceptors (Lipinski definition) is 4. The topological polar surface area (TPSA) is 87.6 Å². The molecule has 2 aromatic heterocycles. The lowest BCUT2D eigenvalue weighted by Gasteiger charge is -2.12. The van der Waals surface area contributed by atoms with Gasteiger partial charge in [-0.15, -0.1) is 5.10 Å².